The molecule has 0 radical (unpaired) electrons. The molecule has 0 aromatic rings. The lowest BCUT2D eigenvalue weighted by Gasteiger charge is -2.08. The highest BCUT2D eigenvalue weighted by Crippen LogP contribution is 2.19. The standard InChI is InChI=1S/C5H7ClO4/c6-3-4(8)2(1-7)10-5(3)9/h2-4,7-8H,1H2/t2-,3-,4+/m1/s1. The van der Waals surface area contributed by atoms with Gasteiger partial charge in [-0.25, -0.2) is 0 Å². The van der Waals surface area contributed by atoms with Crippen molar-refractivity contribution in [3.05, 3.63) is 0 Å². The molecule has 1 aliphatic heterocycles. The van der Waals surface area contributed by atoms with Crippen molar-refractivity contribution < 1.29 is 19.7 Å². The molecule has 1 heterocycles. The van der Waals surface area contributed by atoms with E-state index in [-0.39, 0.29) is 0 Å². The topological polar surface area (TPSA) is 66.8 Å². The lowest BCUT2D eigenvalue weighted by Crippen LogP contribution is -2.29. The van der Waals surface area contributed by atoms with Gasteiger partial charge >= 0.3 is 5.97 Å². The summed E-state index contributed by atoms with van der Waals surface area (Å²) in [6.45, 7) is -0.393. The number of ether oxygens (including phenoxy) is 1. The summed E-state index contributed by atoms with van der Waals surface area (Å²) in [4.78, 5) is 10.5. The van der Waals surface area contributed by atoms with Crippen LogP contribution >= 0.6 is 11.6 Å². The average molecular weight is 167 g/mol. The number of hydrogen-bond acceptors (Lipinski definition) is 4. The third-order valence-corrected chi connectivity index (χ3v) is 1.79. The van der Waals surface area contributed by atoms with Gasteiger partial charge in [0.1, 0.15) is 6.10 Å². The first-order valence-electron chi connectivity index (χ1n) is 2.80. The van der Waals surface area contributed by atoms with E-state index in [1.54, 1.807) is 0 Å². The van der Waals surface area contributed by atoms with Gasteiger partial charge in [0.15, 0.2) is 11.5 Å². The number of cyclic esters (lactones) is 1. The van der Waals surface area contributed by atoms with Crippen LogP contribution in [0.25, 0.3) is 0 Å². The SMILES string of the molecule is O=C1O[C@H](CO)[C@H](O)[C@H]1Cl. The molecule has 1 fully saturated rings. The molecule has 2 N–H and O–H groups in total. The number of halogens is 1. The van der Waals surface area contributed by atoms with Crippen LogP contribution in [-0.2, 0) is 9.53 Å². The van der Waals surface area contributed by atoms with Crippen molar-refractivity contribution in [1.29, 1.82) is 0 Å². The van der Waals surface area contributed by atoms with Gasteiger partial charge in [0.25, 0.3) is 0 Å². The molecule has 3 atom stereocenters. The van der Waals surface area contributed by atoms with Gasteiger partial charge in [0, 0.05) is 0 Å². The summed E-state index contributed by atoms with van der Waals surface area (Å²) >= 11 is 5.35. The number of hydrogen-bond donors (Lipinski definition) is 2. The third-order valence-electron chi connectivity index (χ3n) is 1.35. The Hall–Kier alpha value is -0.320. The first-order chi connectivity index (χ1) is 4.66. The van der Waals surface area contributed by atoms with Gasteiger partial charge in [0.05, 0.1) is 6.61 Å². The van der Waals surface area contributed by atoms with E-state index in [0.29, 0.717) is 0 Å². The number of rotatable bonds is 1. The summed E-state index contributed by atoms with van der Waals surface area (Å²) in [6, 6.07) is 0. The predicted octanol–water partition coefficient (Wildman–Crippen LogP) is -1.13. The Labute approximate surface area is 62.4 Å². The monoisotopic (exact) mass is 166 g/mol. The number of alkyl halides is 1. The Morgan fingerprint density at radius 3 is 2.50 bits per heavy atom. The van der Waals surface area contributed by atoms with E-state index >= 15 is 0 Å². The minimum absolute atomic E-state index is 0.393. The van der Waals surface area contributed by atoms with E-state index in [9.17, 15) is 4.79 Å². The zero-order chi connectivity index (χ0) is 7.72. The maximum atomic E-state index is 10.5. The molecule has 0 aromatic heterocycles. The molecule has 1 saturated heterocycles. The molecule has 0 amide bonds. The van der Waals surface area contributed by atoms with E-state index in [2.05, 4.69) is 4.74 Å². The smallest absolute Gasteiger partial charge is 0.327 e. The molecule has 0 saturated carbocycles. The lowest BCUT2D eigenvalue weighted by molar-refractivity contribution is -0.143. The van der Waals surface area contributed by atoms with Crippen molar-refractivity contribution in [1.82, 2.24) is 0 Å². The minimum atomic E-state index is -1.08. The van der Waals surface area contributed by atoms with E-state index in [1.165, 1.54) is 0 Å². The molecule has 1 rings (SSSR count). The molecule has 5 heteroatoms. The highest BCUT2D eigenvalue weighted by atomic mass is 35.5. The van der Waals surface area contributed by atoms with Crippen molar-refractivity contribution >= 4 is 17.6 Å². The Morgan fingerprint density at radius 2 is 2.30 bits per heavy atom. The van der Waals surface area contributed by atoms with Crippen LogP contribution in [0.2, 0.25) is 0 Å². The van der Waals surface area contributed by atoms with Crippen LogP contribution in [0.3, 0.4) is 0 Å². The average Bonchev–Trinajstić information content (AvgIpc) is 2.17. The zero-order valence-corrected chi connectivity index (χ0v) is 5.78. The van der Waals surface area contributed by atoms with Crippen LogP contribution in [0.15, 0.2) is 0 Å². The summed E-state index contributed by atoms with van der Waals surface area (Å²) < 4.78 is 4.46. The Morgan fingerprint density at radius 1 is 1.70 bits per heavy atom. The maximum Gasteiger partial charge on any atom is 0.327 e. The van der Waals surface area contributed by atoms with Gasteiger partial charge in [-0.05, 0) is 0 Å². The van der Waals surface area contributed by atoms with Gasteiger partial charge < -0.3 is 14.9 Å². The second-order valence-corrected chi connectivity index (χ2v) is 2.52. The number of aliphatic hydroxyl groups excluding tert-OH is 2. The minimum Gasteiger partial charge on any atom is -0.456 e. The molecular formula is C5H7ClO4. The summed E-state index contributed by atoms with van der Waals surface area (Å²) in [6.07, 6.45) is -1.94. The summed E-state index contributed by atoms with van der Waals surface area (Å²) in [7, 11) is 0. The zero-order valence-electron chi connectivity index (χ0n) is 5.03. The molecular weight excluding hydrogens is 160 g/mol. The summed E-state index contributed by atoms with van der Waals surface area (Å²) in [5.74, 6) is -0.673. The van der Waals surface area contributed by atoms with Crippen LogP contribution in [0.5, 0.6) is 0 Å². The third kappa shape index (κ3) is 1.10. The van der Waals surface area contributed by atoms with E-state index in [1.807, 2.05) is 0 Å². The van der Waals surface area contributed by atoms with E-state index in [0.717, 1.165) is 0 Å². The van der Waals surface area contributed by atoms with Crippen LogP contribution in [-0.4, -0.2) is 40.4 Å². The van der Waals surface area contributed by atoms with Crippen molar-refractivity contribution in [3.8, 4) is 0 Å². The van der Waals surface area contributed by atoms with Crippen LogP contribution in [0, 0.1) is 0 Å². The fraction of sp³-hybridized carbons (Fsp3) is 0.800. The lowest BCUT2D eigenvalue weighted by atomic mass is 10.2. The van der Waals surface area contributed by atoms with Gasteiger partial charge in [0.2, 0.25) is 0 Å². The Balaban J connectivity index is 2.61. The maximum absolute atomic E-state index is 10.5. The second-order valence-electron chi connectivity index (χ2n) is 2.05. The first-order valence-corrected chi connectivity index (χ1v) is 3.24. The molecule has 58 valence electrons. The number of carbonyl (C=O) groups is 1. The van der Waals surface area contributed by atoms with Gasteiger partial charge in [-0.15, -0.1) is 11.6 Å². The number of carbonyl (C=O) groups excluding carboxylic acids is 1. The molecule has 1 aliphatic rings. The molecule has 0 aliphatic carbocycles. The molecule has 4 nitrogen and oxygen atoms in total. The van der Waals surface area contributed by atoms with Gasteiger partial charge in [-0.2, -0.15) is 0 Å². The van der Waals surface area contributed by atoms with E-state index in [4.69, 9.17) is 21.8 Å². The fourth-order valence-corrected chi connectivity index (χ4v) is 0.971. The quantitative estimate of drug-likeness (QED) is 0.382. The van der Waals surface area contributed by atoms with Crippen molar-refractivity contribution in [3.63, 3.8) is 0 Å². The predicted molar refractivity (Wildman–Crippen MR) is 32.6 cm³/mol. The summed E-state index contributed by atoms with van der Waals surface area (Å²) in [5.41, 5.74) is 0. The molecule has 0 spiro atoms. The molecule has 0 unspecified atom stereocenters. The molecule has 0 bridgehead atoms. The van der Waals surface area contributed by atoms with Gasteiger partial charge in [-0.1, -0.05) is 0 Å². The highest BCUT2D eigenvalue weighted by molar-refractivity contribution is 6.31. The van der Waals surface area contributed by atoms with Crippen LogP contribution < -0.4 is 0 Å². The largest absolute Gasteiger partial charge is 0.456 e. The molecule has 10 heavy (non-hydrogen) atoms. The molecule has 0 aromatic carbocycles. The first kappa shape index (κ1) is 7.78. The van der Waals surface area contributed by atoms with Crippen molar-refractivity contribution in [2.45, 2.75) is 17.6 Å². The summed E-state index contributed by atoms with van der Waals surface area (Å²) in [5, 5.41) is 16.4. The number of esters is 1. The van der Waals surface area contributed by atoms with E-state index < -0.39 is 30.2 Å². The highest BCUT2D eigenvalue weighted by Gasteiger charge is 2.41. The van der Waals surface area contributed by atoms with Crippen LogP contribution in [0.1, 0.15) is 0 Å². The van der Waals surface area contributed by atoms with Crippen molar-refractivity contribution in [2.75, 3.05) is 6.61 Å². The van der Waals surface area contributed by atoms with Crippen LogP contribution in [0.4, 0.5) is 0 Å². The van der Waals surface area contributed by atoms with Gasteiger partial charge in [-0.3, -0.25) is 4.79 Å². The number of aliphatic hydroxyl groups is 2. The second kappa shape index (κ2) is 2.74. The normalized spacial score (nSPS) is 39.9. The fourth-order valence-electron chi connectivity index (χ4n) is 0.757. The Kier molecular flexibility index (Phi) is 2.13. The van der Waals surface area contributed by atoms with Crippen molar-refractivity contribution in [2.24, 2.45) is 0 Å². The Bertz CT molecular complexity index is 149.